The van der Waals surface area contributed by atoms with Crippen molar-refractivity contribution in [1.29, 1.82) is 0 Å². The quantitative estimate of drug-likeness (QED) is 0.0275. The maximum atomic E-state index is 13.0. The van der Waals surface area contributed by atoms with Crippen LogP contribution in [-0.2, 0) is 38.8 Å². The topological polar surface area (TPSA) is 94.5 Å². The minimum absolute atomic E-state index is 0.188. The maximum absolute atomic E-state index is 13.0. The van der Waals surface area contributed by atoms with E-state index in [4.69, 9.17) is 28.4 Å². The molecule has 0 unspecified atom stereocenters. The maximum Gasteiger partial charge on any atom is 0.306 e. The van der Waals surface area contributed by atoms with Gasteiger partial charge < -0.3 is 33.0 Å². The van der Waals surface area contributed by atoms with Gasteiger partial charge in [0.2, 0.25) is 0 Å². The van der Waals surface area contributed by atoms with Crippen LogP contribution in [0.1, 0.15) is 244 Å². The molecule has 0 aliphatic rings. The third-order valence-electron chi connectivity index (χ3n) is 17.5. The van der Waals surface area contributed by atoms with Crippen LogP contribution in [0.3, 0.4) is 0 Å². The zero-order valence-electron chi connectivity index (χ0n) is 55.7. The van der Waals surface area contributed by atoms with E-state index in [1.165, 1.54) is 141 Å². The van der Waals surface area contributed by atoms with Crippen LogP contribution in [0.15, 0.2) is 133 Å². The molecule has 0 aliphatic carbocycles. The lowest BCUT2D eigenvalue weighted by molar-refractivity contribution is -0.146. The molecule has 0 saturated carbocycles. The van der Waals surface area contributed by atoms with E-state index in [1.54, 1.807) is 0 Å². The Labute approximate surface area is 542 Å². The average Bonchev–Trinajstić information content (AvgIpc) is 1.68. The van der Waals surface area contributed by atoms with Gasteiger partial charge in [-0.2, -0.15) is 0 Å². The number of unbranched alkanes of at least 4 members (excludes halogenated alkanes) is 26. The Bertz CT molecular complexity index is 2840. The van der Waals surface area contributed by atoms with E-state index in [2.05, 4.69) is 135 Å². The molecule has 90 heavy (non-hydrogen) atoms. The van der Waals surface area contributed by atoms with Crippen molar-refractivity contribution in [2.24, 2.45) is 0 Å². The van der Waals surface area contributed by atoms with Crippen molar-refractivity contribution in [3.05, 3.63) is 145 Å². The van der Waals surface area contributed by atoms with Gasteiger partial charge >= 0.3 is 11.9 Å². The van der Waals surface area contributed by atoms with E-state index >= 15 is 0 Å². The zero-order valence-corrected chi connectivity index (χ0v) is 55.7. The summed E-state index contributed by atoms with van der Waals surface area (Å²) in [5, 5.41) is 2.24. The molecule has 1 aromatic heterocycles. The highest BCUT2D eigenvalue weighted by atomic mass is 16.5. The van der Waals surface area contributed by atoms with E-state index in [9.17, 15) is 9.59 Å². The first-order valence-electron chi connectivity index (χ1n) is 35.7. The van der Waals surface area contributed by atoms with Crippen molar-refractivity contribution in [3.63, 3.8) is 0 Å². The SMILES string of the molecule is CCCCCCCCCCCCOc1ccc(-c2ccc(OCCCCCC(=O)OCc3ccc4c(c3)c3cc(COC(=O)CCCCCOc5ccc(-c6ccc(OCCCCCCCCCCCC)cc6)cc5)ccc3n4CCCCCCC)cc2)cc1. The Morgan fingerprint density at radius 1 is 0.300 bits per heavy atom. The molecule has 6 aromatic carbocycles. The van der Waals surface area contributed by atoms with E-state index < -0.39 is 0 Å². The van der Waals surface area contributed by atoms with Gasteiger partial charge in [-0.3, -0.25) is 9.59 Å². The number of ether oxygens (including phenoxy) is 6. The molecule has 0 radical (unpaired) electrons. The number of rotatable bonds is 50. The molecule has 7 rings (SSSR count). The first-order valence-corrected chi connectivity index (χ1v) is 35.7. The number of hydrogen-bond donors (Lipinski definition) is 0. The summed E-state index contributed by atoms with van der Waals surface area (Å²) in [5.74, 6) is 3.17. The highest BCUT2D eigenvalue weighted by Crippen LogP contribution is 2.33. The van der Waals surface area contributed by atoms with E-state index in [0.29, 0.717) is 26.1 Å². The van der Waals surface area contributed by atoms with Crippen molar-refractivity contribution in [3.8, 4) is 45.3 Å². The second-order valence-corrected chi connectivity index (χ2v) is 25.1. The monoisotopic (exact) mass is 1230 g/mol. The Morgan fingerprint density at radius 3 is 0.867 bits per heavy atom. The van der Waals surface area contributed by atoms with Crippen LogP contribution >= 0.6 is 0 Å². The highest BCUT2D eigenvalue weighted by Gasteiger charge is 2.15. The van der Waals surface area contributed by atoms with Crippen LogP contribution in [-0.4, -0.2) is 42.9 Å². The van der Waals surface area contributed by atoms with Gasteiger partial charge in [-0.25, -0.2) is 0 Å². The highest BCUT2D eigenvalue weighted by molar-refractivity contribution is 6.08. The Morgan fingerprint density at radius 2 is 0.567 bits per heavy atom. The Kier molecular flexibility index (Phi) is 33.9. The molecule has 9 nitrogen and oxygen atoms in total. The first kappa shape index (κ1) is 70.7. The van der Waals surface area contributed by atoms with Crippen molar-refractivity contribution in [2.75, 3.05) is 26.4 Å². The van der Waals surface area contributed by atoms with E-state index in [0.717, 1.165) is 156 Å². The summed E-state index contributed by atoms with van der Waals surface area (Å²) >= 11 is 0. The van der Waals surface area contributed by atoms with Crippen molar-refractivity contribution in [1.82, 2.24) is 4.57 Å². The predicted molar refractivity (Wildman–Crippen MR) is 374 cm³/mol. The number of carbonyl (C=O) groups is 2. The number of hydrogen-bond acceptors (Lipinski definition) is 8. The molecule has 0 aliphatic heterocycles. The number of fused-ring (bicyclic) bond motifs is 3. The second kappa shape index (κ2) is 43.1. The van der Waals surface area contributed by atoms with Crippen molar-refractivity contribution in [2.45, 2.75) is 252 Å². The van der Waals surface area contributed by atoms with Gasteiger partial charge in [0, 0.05) is 41.2 Å². The lowest BCUT2D eigenvalue weighted by Crippen LogP contribution is -2.05. The molecule has 7 aromatic rings. The number of aryl methyl sites for hydroxylation is 1. The number of carbonyl (C=O) groups excluding carboxylic acids is 2. The van der Waals surface area contributed by atoms with Gasteiger partial charge in [-0.1, -0.05) is 223 Å². The Balaban J connectivity index is 0.759. The third-order valence-corrected chi connectivity index (χ3v) is 17.5. The van der Waals surface area contributed by atoms with Gasteiger partial charge in [-0.15, -0.1) is 0 Å². The molecule has 0 amide bonds. The van der Waals surface area contributed by atoms with Crippen molar-refractivity contribution < 1.29 is 38.0 Å². The summed E-state index contributed by atoms with van der Waals surface area (Å²) < 4.78 is 38.3. The molecule has 0 spiro atoms. The summed E-state index contributed by atoms with van der Waals surface area (Å²) in [6.07, 6.45) is 38.2. The largest absolute Gasteiger partial charge is 0.494 e. The number of nitrogens with zero attached hydrogens (tertiary/aromatic N) is 1. The summed E-state index contributed by atoms with van der Waals surface area (Å²) in [4.78, 5) is 26.0. The predicted octanol–water partition coefficient (Wildman–Crippen LogP) is 23.1. The van der Waals surface area contributed by atoms with E-state index in [-0.39, 0.29) is 25.2 Å². The Hall–Kier alpha value is -6.74. The van der Waals surface area contributed by atoms with Crippen molar-refractivity contribution >= 4 is 33.7 Å². The summed E-state index contributed by atoms with van der Waals surface area (Å²) in [5.41, 5.74) is 8.82. The van der Waals surface area contributed by atoms with Gasteiger partial charge in [-0.05, 0) is 164 Å². The molecule has 0 fully saturated rings. The van der Waals surface area contributed by atoms with Crippen LogP contribution in [0.25, 0.3) is 44.1 Å². The third kappa shape index (κ3) is 26.6. The molecule has 0 atom stereocenters. The molecular formula is C81H111NO8. The number of benzene rings is 6. The molecule has 0 bridgehead atoms. The molecule has 0 N–H and O–H groups in total. The molecule has 0 saturated heterocycles. The van der Waals surface area contributed by atoms with Gasteiger partial charge in [0.05, 0.1) is 26.4 Å². The first-order chi connectivity index (χ1) is 44.4. The lowest BCUT2D eigenvalue weighted by atomic mass is 10.1. The van der Waals surface area contributed by atoms with Crippen LogP contribution < -0.4 is 18.9 Å². The molecule has 488 valence electrons. The zero-order chi connectivity index (χ0) is 62.9. The summed E-state index contributed by atoms with van der Waals surface area (Å²) in [7, 11) is 0. The van der Waals surface area contributed by atoms with Gasteiger partial charge in [0.1, 0.15) is 36.2 Å². The van der Waals surface area contributed by atoms with Gasteiger partial charge in [0.25, 0.3) is 0 Å². The van der Waals surface area contributed by atoms with E-state index in [1.807, 2.05) is 24.3 Å². The second-order valence-electron chi connectivity index (χ2n) is 25.1. The van der Waals surface area contributed by atoms with Gasteiger partial charge in [0.15, 0.2) is 0 Å². The smallest absolute Gasteiger partial charge is 0.306 e. The molecule has 1 heterocycles. The molecule has 9 heteroatoms. The fourth-order valence-corrected chi connectivity index (χ4v) is 12.0. The normalized spacial score (nSPS) is 11.4. The molecular weight excluding hydrogens is 1110 g/mol. The fraction of sp³-hybridized carbons (Fsp3) is 0.531. The minimum Gasteiger partial charge on any atom is -0.494 e. The number of esters is 2. The van der Waals surface area contributed by atoms with Crippen LogP contribution in [0.4, 0.5) is 0 Å². The van der Waals surface area contributed by atoms with Crippen LogP contribution in [0, 0.1) is 0 Å². The minimum atomic E-state index is -0.188. The summed E-state index contributed by atoms with van der Waals surface area (Å²) in [6, 6.07) is 46.1. The lowest BCUT2D eigenvalue weighted by Gasteiger charge is -2.10. The van der Waals surface area contributed by atoms with Crippen LogP contribution in [0.5, 0.6) is 23.0 Å². The standard InChI is InChI=1S/C81H111NO8/c1-4-7-10-13-15-17-19-21-24-31-58-85-72-47-39-68(40-48-72)70-43-51-74(52-44-70)87-60-33-26-28-35-80(83)89-64-66-37-55-78-76(62-66)77-63-67(38-56-79(77)82(78)57-30-23-12-9-6-3)65-90-81(84)36-29-27-34-61-88-75-53-45-71(46-54-75)69-41-49-73(50-42-69)86-59-32-25-22-20-18-16-14-11-8-5-2/h37-56,62-63H,4-36,57-61,64-65H2,1-3H3. The number of aromatic nitrogens is 1. The van der Waals surface area contributed by atoms with Crippen LogP contribution in [0.2, 0.25) is 0 Å². The average molecular weight is 1230 g/mol. The fourth-order valence-electron chi connectivity index (χ4n) is 12.0. The summed E-state index contributed by atoms with van der Waals surface area (Å²) in [6.45, 7) is 10.9.